The molecule has 0 saturated carbocycles. The molecule has 4 rings (SSSR count). The van der Waals surface area contributed by atoms with Crippen LogP contribution in [-0.2, 0) is 22.6 Å². The normalized spacial score (nSPS) is 19.0. The van der Waals surface area contributed by atoms with Crippen LogP contribution in [0.25, 0.3) is 0 Å². The Labute approximate surface area is 211 Å². The van der Waals surface area contributed by atoms with E-state index in [1.165, 1.54) is 6.92 Å². The summed E-state index contributed by atoms with van der Waals surface area (Å²) in [6.07, 6.45) is -11.4. The molecule has 0 aromatic heterocycles. The molecular weight excluding hydrogens is 524 g/mol. The van der Waals surface area contributed by atoms with Crippen molar-refractivity contribution in [2.24, 2.45) is 0 Å². The molecule has 1 fully saturated rings. The molecule has 0 aliphatic carbocycles. The highest BCUT2D eigenvalue weighted by Crippen LogP contribution is 2.39. The molecule has 0 spiro atoms. The zero-order valence-corrected chi connectivity index (χ0v) is 19.6. The third-order valence-corrected chi connectivity index (χ3v) is 6.21. The van der Waals surface area contributed by atoms with E-state index in [1.54, 1.807) is 30.3 Å². The van der Waals surface area contributed by atoms with Gasteiger partial charge in [0.1, 0.15) is 22.9 Å². The summed E-state index contributed by atoms with van der Waals surface area (Å²) in [6, 6.07) is 11.5. The second-order valence-corrected chi connectivity index (χ2v) is 8.83. The van der Waals surface area contributed by atoms with E-state index in [0.717, 1.165) is 23.1 Å². The van der Waals surface area contributed by atoms with Gasteiger partial charge >= 0.3 is 18.4 Å². The minimum absolute atomic E-state index is 0.0136. The Morgan fingerprint density at radius 3 is 1.97 bits per heavy atom. The van der Waals surface area contributed by atoms with Crippen LogP contribution < -0.4 is 10.2 Å². The first-order valence-electron chi connectivity index (χ1n) is 11.2. The molecule has 202 valence electrons. The van der Waals surface area contributed by atoms with Crippen LogP contribution in [-0.4, -0.2) is 19.2 Å². The van der Waals surface area contributed by atoms with Gasteiger partial charge in [0.25, 0.3) is 0 Å². The number of urea groups is 1. The maximum Gasteiger partial charge on any atom is 0.416 e. The van der Waals surface area contributed by atoms with Crippen molar-refractivity contribution in [1.82, 2.24) is 5.32 Å². The Bertz CT molecular complexity index is 1270. The van der Waals surface area contributed by atoms with E-state index in [0.29, 0.717) is 17.7 Å². The average Bonchev–Trinajstić information content (AvgIpc) is 3.18. The van der Waals surface area contributed by atoms with Crippen molar-refractivity contribution in [2.75, 3.05) is 18.1 Å². The number of para-hydroxylation sites is 1. The zero-order chi connectivity index (χ0) is 27.9. The lowest BCUT2D eigenvalue weighted by molar-refractivity contribution is -0.143. The smallest absolute Gasteiger partial charge is 0.371 e. The van der Waals surface area contributed by atoms with Gasteiger partial charge in [0, 0.05) is 0 Å². The molecule has 1 aliphatic rings. The lowest BCUT2D eigenvalue weighted by atomic mass is 9.91. The fourth-order valence-corrected chi connectivity index (χ4v) is 4.24. The van der Waals surface area contributed by atoms with Crippen LogP contribution in [0.15, 0.2) is 66.7 Å². The van der Waals surface area contributed by atoms with Gasteiger partial charge in [-0.3, -0.25) is 4.90 Å². The number of carbonyl (C=O) groups is 1. The van der Waals surface area contributed by atoms with Crippen LogP contribution in [0.4, 0.5) is 45.6 Å². The summed E-state index contributed by atoms with van der Waals surface area (Å²) in [5.74, 6) is -2.00. The molecule has 1 N–H and O–H groups in total. The van der Waals surface area contributed by atoms with Crippen molar-refractivity contribution in [3.8, 4) is 0 Å². The molecule has 3 aromatic rings. The summed E-state index contributed by atoms with van der Waals surface area (Å²) < 4.78 is 114. The molecule has 38 heavy (non-hydrogen) atoms. The van der Waals surface area contributed by atoms with Crippen LogP contribution in [0.2, 0.25) is 0 Å². The Balaban J connectivity index is 1.68. The van der Waals surface area contributed by atoms with E-state index < -0.39 is 70.6 Å². The molecule has 0 bridgehead atoms. The zero-order valence-electron chi connectivity index (χ0n) is 19.6. The van der Waals surface area contributed by atoms with Gasteiger partial charge in [-0.15, -0.1) is 0 Å². The van der Waals surface area contributed by atoms with E-state index in [1.807, 2.05) is 0 Å². The molecule has 1 aliphatic heterocycles. The first kappa shape index (κ1) is 27.4. The van der Waals surface area contributed by atoms with Crippen LogP contribution in [0.3, 0.4) is 0 Å². The Kier molecular flexibility index (Phi) is 7.13. The molecule has 1 heterocycles. The molecule has 0 radical (unpaired) electrons. The number of carbonyl (C=O) groups excluding carboxylic acids is 1. The second-order valence-electron chi connectivity index (χ2n) is 8.83. The van der Waals surface area contributed by atoms with Crippen LogP contribution in [0.5, 0.6) is 0 Å². The van der Waals surface area contributed by atoms with Crippen molar-refractivity contribution >= 4 is 11.7 Å². The maximum atomic E-state index is 14.5. The molecular formula is C26H20F8N2O2. The predicted molar refractivity (Wildman–Crippen MR) is 121 cm³/mol. The standard InChI is InChI=1S/C26H20F8N2O2/c1-15(16-10-18(25(29,30)31)12-19(11-16)26(32,33)34)38-14-24(17-6-3-2-4-7-17)13-36(23(37)35-24)22-20(27)8-5-9-21(22)28/h2-12,15H,13-14H2,1H3,(H,35,37)/t15-,24-/m1/s1. The lowest BCUT2D eigenvalue weighted by Crippen LogP contribution is -2.45. The van der Waals surface area contributed by atoms with Gasteiger partial charge in [0.2, 0.25) is 0 Å². The molecule has 2 atom stereocenters. The topological polar surface area (TPSA) is 41.6 Å². The molecule has 2 amide bonds. The van der Waals surface area contributed by atoms with Gasteiger partial charge in [-0.05, 0) is 48.4 Å². The van der Waals surface area contributed by atoms with E-state index in [4.69, 9.17) is 4.74 Å². The van der Waals surface area contributed by atoms with Crippen molar-refractivity contribution in [2.45, 2.75) is 30.9 Å². The third kappa shape index (κ3) is 5.45. The fraction of sp³-hybridized carbons (Fsp3) is 0.269. The van der Waals surface area contributed by atoms with E-state index in [2.05, 4.69) is 5.32 Å². The van der Waals surface area contributed by atoms with Crippen LogP contribution in [0.1, 0.15) is 35.3 Å². The van der Waals surface area contributed by atoms with Crippen LogP contribution in [0, 0.1) is 11.6 Å². The summed E-state index contributed by atoms with van der Waals surface area (Å²) in [5, 5.41) is 2.63. The largest absolute Gasteiger partial charge is 0.416 e. The number of halogens is 8. The number of amides is 2. The minimum Gasteiger partial charge on any atom is -0.371 e. The van der Waals surface area contributed by atoms with Gasteiger partial charge < -0.3 is 10.1 Å². The summed E-state index contributed by atoms with van der Waals surface area (Å²) in [5.41, 5.74) is -4.98. The van der Waals surface area contributed by atoms with Gasteiger partial charge in [-0.1, -0.05) is 36.4 Å². The number of nitrogens with zero attached hydrogens (tertiary/aromatic N) is 1. The number of hydrogen-bond acceptors (Lipinski definition) is 2. The number of hydrogen-bond donors (Lipinski definition) is 1. The molecule has 1 saturated heterocycles. The highest BCUT2D eigenvalue weighted by atomic mass is 19.4. The van der Waals surface area contributed by atoms with Crippen molar-refractivity contribution in [1.29, 1.82) is 0 Å². The molecule has 0 unspecified atom stereocenters. The van der Waals surface area contributed by atoms with Crippen LogP contribution >= 0.6 is 0 Å². The molecule has 3 aromatic carbocycles. The monoisotopic (exact) mass is 544 g/mol. The van der Waals surface area contributed by atoms with Crippen molar-refractivity contribution in [3.05, 3.63) is 101 Å². The Hall–Kier alpha value is -3.67. The van der Waals surface area contributed by atoms with Gasteiger partial charge in [-0.25, -0.2) is 13.6 Å². The molecule has 4 nitrogen and oxygen atoms in total. The number of ether oxygens (including phenoxy) is 1. The first-order chi connectivity index (χ1) is 17.7. The Morgan fingerprint density at radius 1 is 0.895 bits per heavy atom. The highest BCUT2D eigenvalue weighted by molar-refractivity contribution is 5.95. The summed E-state index contributed by atoms with van der Waals surface area (Å²) >= 11 is 0. The first-order valence-corrected chi connectivity index (χ1v) is 11.2. The van der Waals surface area contributed by atoms with E-state index in [-0.39, 0.29) is 12.6 Å². The SMILES string of the molecule is C[C@@H](OC[C@@]1(c2ccccc2)CN(c2c(F)cccc2F)C(=O)N1)c1cc(C(F)(F)F)cc(C(F)(F)F)c1. The van der Waals surface area contributed by atoms with Crippen molar-refractivity contribution < 1.29 is 44.7 Å². The number of benzene rings is 3. The van der Waals surface area contributed by atoms with Gasteiger partial charge in [-0.2, -0.15) is 26.3 Å². The minimum atomic E-state index is -5.04. The lowest BCUT2D eigenvalue weighted by Gasteiger charge is -2.31. The van der Waals surface area contributed by atoms with Gasteiger partial charge in [0.15, 0.2) is 0 Å². The number of nitrogens with one attached hydrogen (secondary N) is 1. The summed E-state index contributed by atoms with van der Waals surface area (Å²) in [4.78, 5) is 13.7. The maximum absolute atomic E-state index is 14.5. The number of rotatable bonds is 6. The van der Waals surface area contributed by atoms with E-state index in [9.17, 15) is 39.9 Å². The quantitative estimate of drug-likeness (QED) is 0.334. The number of alkyl halides is 6. The second kappa shape index (κ2) is 9.90. The molecule has 12 heteroatoms. The number of anilines is 1. The van der Waals surface area contributed by atoms with Crippen molar-refractivity contribution in [3.63, 3.8) is 0 Å². The highest BCUT2D eigenvalue weighted by Gasteiger charge is 2.46. The summed E-state index contributed by atoms with van der Waals surface area (Å²) in [7, 11) is 0. The van der Waals surface area contributed by atoms with Gasteiger partial charge in [0.05, 0.1) is 30.4 Å². The van der Waals surface area contributed by atoms with E-state index >= 15 is 0 Å². The Morgan fingerprint density at radius 2 is 1.45 bits per heavy atom. The third-order valence-electron chi connectivity index (χ3n) is 6.21. The fourth-order valence-electron chi connectivity index (χ4n) is 4.24. The predicted octanol–water partition coefficient (Wildman–Crippen LogP) is 7.21. The summed E-state index contributed by atoms with van der Waals surface area (Å²) in [6.45, 7) is 0.490. The average molecular weight is 544 g/mol.